The van der Waals surface area contributed by atoms with Crippen LogP contribution in [0.4, 0.5) is 0 Å². The highest BCUT2D eigenvalue weighted by molar-refractivity contribution is 6.01. The van der Waals surface area contributed by atoms with Crippen molar-refractivity contribution in [3.8, 4) is 0 Å². The average molecular weight is 488 g/mol. The number of aromatic nitrogens is 2. The van der Waals surface area contributed by atoms with Crippen molar-refractivity contribution in [3.63, 3.8) is 0 Å². The molecule has 0 bridgehead atoms. The summed E-state index contributed by atoms with van der Waals surface area (Å²) in [6.07, 6.45) is 6.61. The number of amides is 3. The fourth-order valence-electron chi connectivity index (χ4n) is 5.35. The van der Waals surface area contributed by atoms with Crippen molar-refractivity contribution in [1.82, 2.24) is 35.1 Å². The number of carbonyl (C=O) groups is 3. The van der Waals surface area contributed by atoms with Gasteiger partial charge in [0.05, 0.1) is 6.54 Å². The molecule has 2 N–H and O–H groups in total. The summed E-state index contributed by atoms with van der Waals surface area (Å²) in [6.45, 7) is 10.7. The van der Waals surface area contributed by atoms with Gasteiger partial charge in [0.1, 0.15) is 11.2 Å². The number of nitrogens with zero attached hydrogens (tertiary/aromatic N) is 5. The van der Waals surface area contributed by atoms with E-state index in [0.29, 0.717) is 12.2 Å². The maximum absolute atomic E-state index is 13.3. The van der Waals surface area contributed by atoms with Gasteiger partial charge in [-0.1, -0.05) is 32.6 Å². The standard InChI is InChI=1S/C25H41N7O3/c1-4-30-13-15-31(16-14-30)12-11-26-22(33)20-17-21-23(34)29(3)25(2,18-32(21)28-20)24(35)27-19-9-7-5-6-8-10-19/h17,19H,4-16,18H2,1-3H3,(H,26,33)(H,27,35)/t25-/m1/s1. The number of rotatable bonds is 7. The van der Waals surface area contributed by atoms with Crippen LogP contribution < -0.4 is 10.6 Å². The van der Waals surface area contributed by atoms with Gasteiger partial charge in [-0.2, -0.15) is 5.10 Å². The number of piperazine rings is 1. The maximum Gasteiger partial charge on any atom is 0.272 e. The molecule has 35 heavy (non-hydrogen) atoms. The number of hydrogen-bond acceptors (Lipinski definition) is 6. The van der Waals surface area contributed by atoms with Crippen molar-refractivity contribution in [1.29, 1.82) is 0 Å². The van der Waals surface area contributed by atoms with Gasteiger partial charge in [0.25, 0.3) is 11.8 Å². The molecule has 3 heterocycles. The van der Waals surface area contributed by atoms with Crippen LogP contribution in [0.3, 0.4) is 0 Å². The third kappa shape index (κ3) is 5.69. The highest BCUT2D eigenvalue weighted by Crippen LogP contribution is 2.27. The Bertz CT molecular complexity index is 916. The molecule has 2 fully saturated rings. The lowest BCUT2D eigenvalue weighted by atomic mass is 9.95. The Hall–Kier alpha value is -2.46. The van der Waals surface area contributed by atoms with E-state index in [4.69, 9.17) is 0 Å². The minimum Gasteiger partial charge on any atom is -0.351 e. The van der Waals surface area contributed by atoms with Gasteiger partial charge in [0, 0.05) is 58.4 Å². The van der Waals surface area contributed by atoms with E-state index in [-0.39, 0.29) is 36.0 Å². The molecule has 0 radical (unpaired) electrons. The molecule has 10 nitrogen and oxygen atoms in total. The first-order chi connectivity index (χ1) is 16.8. The first kappa shape index (κ1) is 25.6. The topological polar surface area (TPSA) is 103 Å². The minimum atomic E-state index is -1.06. The molecule has 1 aromatic rings. The Morgan fingerprint density at radius 3 is 2.40 bits per heavy atom. The molecule has 0 unspecified atom stereocenters. The summed E-state index contributed by atoms with van der Waals surface area (Å²) in [6, 6.07) is 1.69. The number of nitrogens with one attached hydrogen (secondary N) is 2. The third-order valence-corrected chi connectivity index (χ3v) is 8.04. The van der Waals surface area contributed by atoms with Gasteiger partial charge in [-0.25, -0.2) is 0 Å². The van der Waals surface area contributed by atoms with E-state index in [2.05, 4.69) is 32.5 Å². The van der Waals surface area contributed by atoms with Crippen LogP contribution >= 0.6 is 0 Å². The van der Waals surface area contributed by atoms with Gasteiger partial charge < -0.3 is 20.4 Å². The van der Waals surface area contributed by atoms with Gasteiger partial charge in [0.15, 0.2) is 5.69 Å². The molecule has 0 aromatic carbocycles. The Balaban J connectivity index is 1.35. The van der Waals surface area contributed by atoms with Crippen LogP contribution in [0.2, 0.25) is 0 Å². The molecular formula is C25H41N7O3. The Morgan fingerprint density at radius 2 is 1.74 bits per heavy atom. The summed E-state index contributed by atoms with van der Waals surface area (Å²) >= 11 is 0. The summed E-state index contributed by atoms with van der Waals surface area (Å²) < 4.78 is 1.52. The zero-order valence-corrected chi connectivity index (χ0v) is 21.5. The quantitative estimate of drug-likeness (QED) is 0.555. The molecule has 1 saturated heterocycles. The molecule has 1 aliphatic carbocycles. The van der Waals surface area contributed by atoms with Crippen LogP contribution in [0.25, 0.3) is 0 Å². The van der Waals surface area contributed by atoms with Crippen LogP contribution in [0.1, 0.15) is 73.3 Å². The van der Waals surface area contributed by atoms with E-state index in [1.54, 1.807) is 14.0 Å². The van der Waals surface area contributed by atoms with E-state index in [0.717, 1.165) is 65.0 Å². The number of likely N-dealkylation sites (N-methyl/N-ethyl adjacent to an activating group) is 2. The second-order valence-electron chi connectivity index (χ2n) is 10.4. The van der Waals surface area contributed by atoms with Gasteiger partial charge in [-0.15, -0.1) is 0 Å². The predicted octanol–water partition coefficient (Wildman–Crippen LogP) is 0.934. The van der Waals surface area contributed by atoms with Gasteiger partial charge in [-0.3, -0.25) is 24.0 Å². The summed E-state index contributed by atoms with van der Waals surface area (Å²) in [7, 11) is 1.66. The lowest BCUT2D eigenvalue weighted by Gasteiger charge is -2.41. The third-order valence-electron chi connectivity index (χ3n) is 8.04. The molecule has 3 aliphatic rings. The van der Waals surface area contributed by atoms with Crippen LogP contribution in [0.5, 0.6) is 0 Å². The van der Waals surface area contributed by atoms with Crippen molar-refractivity contribution < 1.29 is 14.4 Å². The molecule has 194 valence electrons. The van der Waals surface area contributed by atoms with E-state index in [1.807, 2.05) is 0 Å². The smallest absolute Gasteiger partial charge is 0.272 e. The zero-order chi connectivity index (χ0) is 25.0. The minimum absolute atomic E-state index is 0.149. The van der Waals surface area contributed by atoms with E-state index in [1.165, 1.54) is 28.5 Å². The Morgan fingerprint density at radius 1 is 1.09 bits per heavy atom. The molecule has 1 saturated carbocycles. The van der Waals surface area contributed by atoms with E-state index < -0.39 is 5.54 Å². The second-order valence-corrected chi connectivity index (χ2v) is 10.4. The average Bonchev–Trinajstić information content (AvgIpc) is 3.11. The predicted molar refractivity (Wildman–Crippen MR) is 133 cm³/mol. The Labute approximate surface area is 208 Å². The van der Waals surface area contributed by atoms with Crippen LogP contribution in [0.15, 0.2) is 6.07 Å². The van der Waals surface area contributed by atoms with E-state index >= 15 is 0 Å². The van der Waals surface area contributed by atoms with Crippen molar-refractivity contribution in [2.45, 2.75) is 70.5 Å². The van der Waals surface area contributed by atoms with Crippen molar-refractivity contribution >= 4 is 17.7 Å². The van der Waals surface area contributed by atoms with Crippen LogP contribution in [-0.2, 0) is 11.3 Å². The SMILES string of the molecule is CCN1CCN(CCNC(=O)c2cc3n(n2)C[C@](C)(C(=O)NC2CCCCCC2)N(C)C3=O)CC1. The first-order valence-electron chi connectivity index (χ1n) is 13.2. The number of fused-ring (bicyclic) bond motifs is 1. The fourth-order valence-corrected chi connectivity index (χ4v) is 5.35. The largest absolute Gasteiger partial charge is 0.351 e. The maximum atomic E-state index is 13.3. The summed E-state index contributed by atoms with van der Waals surface area (Å²) in [4.78, 5) is 45.5. The normalized spacial score (nSPS) is 24.7. The van der Waals surface area contributed by atoms with Crippen molar-refractivity contribution in [3.05, 3.63) is 17.5 Å². The number of carbonyl (C=O) groups excluding carboxylic acids is 3. The van der Waals surface area contributed by atoms with Crippen LogP contribution in [-0.4, -0.2) is 107 Å². The number of hydrogen-bond donors (Lipinski definition) is 2. The van der Waals surface area contributed by atoms with Crippen LogP contribution in [0, 0.1) is 0 Å². The van der Waals surface area contributed by atoms with Crippen molar-refractivity contribution in [2.24, 2.45) is 0 Å². The molecule has 3 amide bonds. The van der Waals surface area contributed by atoms with Gasteiger partial charge in [0.2, 0.25) is 5.91 Å². The zero-order valence-electron chi connectivity index (χ0n) is 21.5. The molecule has 0 spiro atoms. The lowest BCUT2D eigenvalue weighted by molar-refractivity contribution is -0.133. The fraction of sp³-hybridized carbons (Fsp3) is 0.760. The van der Waals surface area contributed by atoms with Gasteiger partial charge in [-0.05, 0) is 26.3 Å². The highest BCUT2D eigenvalue weighted by Gasteiger charge is 2.46. The van der Waals surface area contributed by atoms with E-state index in [9.17, 15) is 14.4 Å². The van der Waals surface area contributed by atoms with Gasteiger partial charge >= 0.3 is 0 Å². The summed E-state index contributed by atoms with van der Waals surface area (Å²) in [5, 5.41) is 10.5. The molecular weight excluding hydrogens is 446 g/mol. The molecule has 10 heteroatoms. The second kappa shape index (κ2) is 11.1. The molecule has 1 aromatic heterocycles. The molecule has 4 rings (SSSR count). The highest BCUT2D eigenvalue weighted by atomic mass is 16.2. The first-order valence-corrected chi connectivity index (χ1v) is 13.2. The molecule has 1 atom stereocenters. The summed E-state index contributed by atoms with van der Waals surface area (Å²) in [5.74, 6) is -0.746. The lowest BCUT2D eigenvalue weighted by Crippen LogP contribution is -2.63. The van der Waals surface area contributed by atoms with Crippen molar-refractivity contribution in [2.75, 3.05) is 52.9 Å². The Kier molecular flexibility index (Phi) is 8.11. The molecule has 2 aliphatic heterocycles. The monoisotopic (exact) mass is 487 g/mol. The summed E-state index contributed by atoms with van der Waals surface area (Å²) in [5.41, 5.74) is -0.504.